The summed E-state index contributed by atoms with van der Waals surface area (Å²) in [5.41, 5.74) is 4.95. The summed E-state index contributed by atoms with van der Waals surface area (Å²) in [5.74, 6) is 0.431. The fraction of sp³-hybridized carbons (Fsp3) is 0.179. The number of carbonyl (C=O) groups excluding carboxylic acids is 1. The molecule has 1 aliphatic heterocycles. The summed E-state index contributed by atoms with van der Waals surface area (Å²) < 4.78 is 21.9. The minimum absolute atomic E-state index is 0.299. The second kappa shape index (κ2) is 9.06. The van der Waals surface area contributed by atoms with Crippen LogP contribution in [0.25, 0.3) is 5.69 Å². The number of anilines is 1. The average Bonchev–Trinajstić information content (AvgIpc) is 3.27. The van der Waals surface area contributed by atoms with Gasteiger partial charge in [0, 0.05) is 17.6 Å². The van der Waals surface area contributed by atoms with Crippen LogP contribution < -0.4 is 10.1 Å². The van der Waals surface area contributed by atoms with Gasteiger partial charge in [0.25, 0.3) is 0 Å². The van der Waals surface area contributed by atoms with E-state index >= 15 is 0 Å². The van der Waals surface area contributed by atoms with Crippen molar-refractivity contribution in [3.05, 3.63) is 113 Å². The number of aromatic nitrogens is 1. The second-order valence-electron chi connectivity index (χ2n) is 8.36. The molecule has 34 heavy (non-hydrogen) atoms. The lowest BCUT2D eigenvalue weighted by molar-refractivity contribution is 0.194. The van der Waals surface area contributed by atoms with Gasteiger partial charge in [-0.05, 0) is 73.0 Å². The molecule has 0 unspecified atom stereocenters. The zero-order valence-electron chi connectivity index (χ0n) is 19.2. The maximum atomic E-state index is 14.2. The summed E-state index contributed by atoms with van der Waals surface area (Å²) in [5, 5.41) is 2.91. The van der Waals surface area contributed by atoms with Crippen LogP contribution in [-0.4, -0.2) is 22.1 Å². The van der Waals surface area contributed by atoms with Crippen LogP contribution in [0.1, 0.15) is 35.3 Å². The zero-order valence-corrected chi connectivity index (χ0v) is 19.2. The summed E-state index contributed by atoms with van der Waals surface area (Å²) in [7, 11) is 0. The molecule has 0 saturated carbocycles. The molecule has 2 heterocycles. The molecule has 6 heteroatoms. The van der Waals surface area contributed by atoms with E-state index < -0.39 is 0 Å². The van der Waals surface area contributed by atoms with Crippen LogP contribution in [0.2, 0.25) is 0 Å². The Kier molecular flexibility index (Phi) is 5.80. The summed E-state index contributed by atoms with van der Waals surface area (Å²) in [6, 6.07) is 24.0. The number of benzene rings is 3. The van der Waals surface area contributed by atoms with Crippen molar-refractivity contribution >= 4 is 11.7 Å². The smallest absolute Gasteiger partial charge is 0.322 e. The van der Waals surface area contributed by atoms with E-state index in [0.717, 1.165) is 28.3 Å². The second-order valence-corrected chi connectivity index (χ2v) is 8.36. The van der Waals surface area contributed by atoms with Gasteiger partial charge in [0.1, 0.15) is 11.6 Å². The van der Waals surface area contributed by atoms with Crippen molar-refractivity contribution in [3.63, 3.8) is 0 Å². The lowest BCUT2D eigenvalue weighted by Crippen LogP contribution is -2.37. The maximum Gasteiger partial charge on any atom is 0.322 e. The number of amides is 2. The minimum Gasteiger partial charge on any atom is -0.494 e. The Morgan fingerprint density at radius 2 is 1.85 bits per heavy atom. The van der Waals surface area contributed by atoms with Gasteiger partial charge in [-0.2, -0.15) is 0 Å². The summed E-state index contributed by atoms with van der Waals surface area (Å²) in [6.07, 6.45) is 2.02. The van der Waals surface area contributed by atoms with Crippen molar-refractivity contribution < 1.29 is 13.9 Å². The molecular formula is C28H26FN3O2. The van der Waals surface area contributed by atoms with Gasteiger partial charge in [0.2, 0.25) is 0 Å². The Bertz CT molecular complexity index is 1330. The fourth-order valence-electron chi connectivity index (χ4n) is 4.47. The van der Waals surface area contributed by atoms with Crippen LogP contribution in [0.5, 0.6) is 5.75 Å². The third-order valence-corrected chi connectivity index (χ3v) is 6.15. The normalized spacial score (nSPS) is 14.7. The van der Waals surface area contributed by atoms with Gasteiger partial charge in [-0.1, -0.05) is 36.4 Å². The zero-order chi connectivity index (χ0) is 23.7. The topological polar surface area (TPSA) is 46.5 Å². The molecule has 1 aliphatic rings. The highest BCUT2D eigenvalue weighted by atomic mass is 19.1. The molecule has 1 atom stereocenters. The van der Waals surface area contributed by atoms with Gasteiger partial charge in [-0.15, -0.1) is 0 Å². The minimum atomic E-state index is -0.353. The Labute approximate surface area is 198 Å². The van der Waals surface area contributed by atoms with E-state index in [1.165, 1.54) is 6.07 Å². The van der Waals surface area contributed by atoms with Gasteiger partial charge in [0.15, 0.2) is 0 Å². The number of nitrogens with zero attached hydrogens (tertiary/aromatic N) is 2. The summed E-state index contributed by atoms with van der Waals surface area (Å²) >= 11 is 0. The van der Waals surface area contributed by atoms with Crippen molar-refractivity contribution in [2.75, 3.05) is 11.9 Å². The van der Waals surface area contributed by atoms with Crippen molar-refractivity contribution in [1.82, 2.24) is 9.47 Å². The molecule has 0 aliphatic carbocycles. The molecule has 0 bridgehead atoms. The maximum absolute atomic E-state index is 14.2. The van der Waals surface area contributed by atoms with E-state index in [1.807, 2.05) is 67.7 Å². The SMILES string of the molecule is CCOc1ccc([C@H]2c3cccn3-c3ccccc3CN2C(=O)Nc2ccc(C)c(F)c2)cc1. The Morgan fingerprint density at radius 1 is 1.06 bits per heavy atom. The van der Waals surface area contributed by atoms with Gasteiger partial charge >= 0.3 is 6.03 Å². The van der Waals surface area contributed by atoms with E-state index in [4.69, 9.17) is 4.74 Å². The molecular weight excluding hydrogens is 429 g/mol. The predicted octanol–water partition coefficient (Wildman–Crippen LogP) is 6.46. The number of rotatable bonds is 4. The highest BCUT2D eigenvalue weighted by Gasteiger charge is 2.33. The third kappa shape index (κ3) is 4.03. The molecule has 3 aromatic carbocycles. The van der Waals surface area contributed by atoms with Crippen molar-refractivity contribution in [3.8, 4) is 11.4 Å². The number of hydrogen-bond donors (Lipinski definition) is 1. The van der Waals surface area contributed by atoms with Gasteiger partial charge in [-0.25, -0.2) is 9.18 Å². The van der Waals surface area contributed by atoms with Crippen LogP contribution in [0.3, 0.4) is 0 Å². The number of fused-ring (bicyclic) bond motifs is 3. The molecule has 0 saturated heterocycles. The lowest BCUT2D eigenvalue weighted by Gasteiger charge is -2.31. The summed E-state index contributed by atoms with van der Waals surface area (Å²) in [4.78, 5) is 15.5. The molecule has 5 rings (SSSR count). The van der Waals surface area contributed by atoms with Crippen molar-refractivity contribution in [2.45, 2.75) is 26.4 Å². The van der Waals surface area contributed by atoms with Gasteiger partial charge in [-0.3, -0.25) is 0 Å². The van der Waals surface area contributed by atoms with E-state index in [2.05, 4.69) is 16.0 Å². The van der Waals surface area contributed by atoms with Crippen LogP contribution in [-0.2, 0) is 6.54 Å². The average molecular weight is 456 g/mol. The standard InChI is InChI=1S/C28H26FN3O2/c1-3-34-23-14-11-20(12-15-23)27-26-9-6-16-31(26)25-8-5-4-7-21(25)18-32(27)28(33)30-22-13-10-19(2)24(29)17-22/h4-17,27H,3,18H2,1-2H3,(H,30,33)/t27-/m0/s1. The largest absolute Gasteiger partial charge is 0.494 e. The van der Waals surface area contributed by atoms with E-state index in [0.29, 0.717) is 24.4 Å². The molecule has 0 radical (unpaired) electrons. The number of halogens is 1. The summed E-state index contributed by atoms with van der Waals surface area (Å²) in [6.45, 7) is 4.63. The number of urea groups is 1. The van der Waals surface area contributed by atoms with Crippen LogP contribution in [0.4, 0.5) is 14.9 Å². The molecule has 0 fully saturated rings. The number of hydrogen-bond acceptors (Lipinski definition) is 2. The first-order valence-electron chi connectivity index (χ1n) is 11.4. The first-order valence-corrected chi connectivity index (χ1v) is 11.4. The van der Waals surface area contributed by atoms with E-state index in [1.54, 1.807) is 24.0 Å². The van der Waals surface area contributed by atoms with Crippen LogP contribution in [0, 0.1) is 12.7 Å². The Balaban J connectivity index is 1.59. The quantitative estimate of drug-likeness (QED) is 0.384. The predicted molar refractivity (Wildman–Crippen MR) is 131 cm³/mol. The lowest BCUT2D eigenvalue weighted by atomic mass is 10.0. The van der Waals surface area contributed by atoms with Crippen LogP contribution >= 0.6 is 0 Å². The fourth-order valence-corrected chi connectivity index (χ4v) is 4.47. The molecule has 172 valence electrons. The number of para-hydroxylation sites is 1. The van der Waals surface area contributed by atoms with Crippen LogP contribution in [0.15, 0.2) is 85.1 Å². The van der Waals surface area contributed by atoms with Crippen molar-refractivity contribution in [1.29, 1.82) is 0 Å². The highest BCUT2D eigenvalue weighted by molar-refractivity contribution is 5.90. The number of ether oxygens (including phenoxy) is 1. The number of nitrogens with one attached hydrogen (secondary N) is 1. The van der Waals surface area contributed by atoms with E-state index in [9.17, 15) is 9.18 Å². The molecule has 1 aromatic heterocycles. The molecule has 5 nitrogen and oxygen atoms in total. The van der Waals surface area contributed by atoms with Gasteiger partial charge in [0.05, 0.1) is 24.9 Å². The first-order chi connectivity index (χ1) is 16.5. The molecule has 1 N–H and O–H groups in total. The van der Waals surface area contributed by atoms with E-state index in [-0.39, 0.29) is 17.9 Å². The monoisotopic (exact) mass is 455 g/mol. The third-order valence-electron chi connectivity index (χ3n) is 6.15. The number of carbonyl (C=O) groups is 1. The molecule has 2 amide bonds. The van der Waals surface area contributed by atoms with Crippen molar-refractivity contribution in [2.24, 2.45) is 0 Å². The molecule has 0 spiro atoms. The first kappa shape index (κ1) is 21.8. The Morgan fingerprint density at radius 3 is 2.62 bits per heavy atom. The number of aryl methyl sites for hydroxylation is 1. The molecule has 4 aromatic rings. The Hall–Kier alpha value is -4.06. The highest BCUT2D eigenvalue weighted by Crippen LogP contribution is 2.37. The van der Waals surface area contributed by atoms with Gasteiger partial charge < -0.3 is 19.5 Å².